The fourth-order valence-corrected chi connectivity index (χ4v) is 2.28. The highest BCUT2D eigenvalue weighted by atomic mass is 31.2. The van der Waals surface area contributed by atoms with Crippen LogP contribution in [0.25, 0.3) is 0 Å². The second kappa shape index (κ2) is 10.3. The van der Waals surface area contributed by atoms with Crippen molar-refractivity contribution < 1.29 is 32.4 Å². The van der Waals surface area contributed by atoms with Crippen molar-refractivity contribution in [2.45, 2.75) is 0 Å². The third-order valence-electron chi connectivity index (χ3n) is 2.24. The quantitative estimate of drug-likeness (QED) is 0.758. The zero-order valence-electron chi connectivity index (χ0n) is 12.6. The Morgan fingerprint density at radius 1 is 0.826 bits per heavy atom. The molecular formula is C14H18O7P2. The number of hydrogen-bond acceptors (Lipinski definition) is 6. The van der Waals surface area contributed by atoms with Crippen molar-refractivity contribution >= 4 is 16.4 Å². The molecule has 2 N–H and O–H groups in total. The molecule has 9 heteroatoms. The van der Waals surface area contributed by atoms with Crippen LogP contribution in [0.3, 0.4) is 0 Å². The topological polar surface area (TPSA) is 94.5 Å². The molecule has 0 spiro atoms. The van der Waals surface area contributed by atoms with E-state index >= 15 is 0 Å². The first-order chi connectivity index (χ1) is 11.0. The standard InChI is InChI=1S/C12H11O4P.C2H7O3P/c13-17(14,15-11-7-3-1-4-8-11)16-12-9-5-2-6-10-12;1-4-6(3)5-2/h1-10H,(H,13,14);3H,1-2H3. The van der Waals surface area contributed by atoms with Crippen LogP contribution < -0.4 is 9.05 Å². The Labute approximate surface area is 136 Å². The van der Waals surface area contributed by atoms with Gasteiger partial charge in [0.05, 0.1) is 0 Å². The minimum absolute atomic E-state index is 0.286. The number of phosphoric acid groups is 1. The fourth-order valence-electron chi connectivity index (χ4n) is 1.32. The molecule has 0 aliphatic rings. The van der Waals surface area contributed by atoms with Gasteiger partial charge in [-0.15, -0.1) is 0 Å². The molecule has 126 valence electrons. The summed E-state index contributed by atoms with van der Waals surface area (Å²) >= 11 is 0. The van der Waals surface area contributed by atoms with E-state index in [1.54, 1.807) is 60.7 Å². The normalized spacial score (nSPS) is 10.7. The molecule has 0 aliphatic heterocycles. The van der Waals surface area contributed by atoms with Crippen LogP contribution in [0.5, 0.6) is 11.5 Å². The van der Waals surface area contributed by atoms with E-state index in [0.717, 1.165) is 0 Å². The lowest BCUT2D eigenvalue weighted by molar-refractivity contribution is 0.271. The van der Waals surface area contributed by atoms with E-state index in [0.29, 0.717) is 0 Å². The number of hydrogen-bond donors (Lipinski definition) is 2. The van der Waals surface area contributed by atoms with Gasteiger partial charge in [0.2, 0.25) is 0 Å². The summed E-state index contributed by atoms with van der Waals surface area (Å²) in [5, 5.41) is 0. The van der Waals surface area contributed by atoms with Gasteiger partial charge in [-0.05, 0) is 24.3 Å². The van der Waals surface area contributed by atoms with Crippen molar-refractivity contribution in [3.63, 3.8) is 0 Å². The van der Waals surface area contributed by atoms with Gasteiger partial charge in [-0.25, -0.2) is 4.57 Å². The van der Waals surface area contributed by atoms with E-state index in [9.17, 15) is 9.46 Å². The molecule has 0 saturated carbocycles. The highest BCUT2D eigenvalue weighted by Gasteiger charge is 2.24. The molecule has 0 radical (unpaired) electrons. The molecule has 0 aliphatic carbocycles. The minimum atomic E-state index is -4.14. The van der Waals surface area contributed by atoms with Crippen LogP contribution in [0, 0.1) is 0 Å². The summed E-state index contributed by atoms with van der Waals surface area (Å²) in [4.78, 5) is 17.8. The lowest BCUT2D eigenvalue weighted by Gasteiger charge is -2.13. The molecule has 0 amide bonds. The van der Waals surface area contributed by atoms with Crippen molar-refractivity contribution in [1.82, 2.24) is 0 Å². The van der Waals surface area contributed by atoms with Crippen LogP contribution in [-0.2, 0) is 13.6 Å². The van der Waals surface area contributed by atoms with Crippen LogP contribution in [0.15, 0.2) is 60.7 Å². The van der Waals surface area contributed by atoms with Crippen molar-refractivity contribution in [3.8, 4) is 11.5 Å². The maximum absolute atomic E-state index is 11.7. The summed E-state index contributed by atoms with van der Waals surface area (Å²) in [6.07, 6.45) is 0. The van der Waals surface area contributed by atoms with Gasteiger partial charge in [-0.2, -0.15) is 0 Å². The van der Waals surface area contributed by atoms with Crippen molar-refractivity contribution in [2.24, 2.45) is 0 Å². The number of rotatable bonds is 6. The second-order valence-corrected chi connectivity index (χ2v) is 6.39. The largest absolute Gasteiger partial charge is 0.584 e. The van der Waals surface area contributed by atoms with E-state index in [1.165, 1.54) is 14.2 Å². The van der Waals surface area contributed by atoms with Gasteiger partial charge in [0, 0.05) is 14.2 Å². The van der Waals surface area contributed by atoms with Gasteiger partial charge in [-0.1, -0.05) is 36.4 Å². The molecule has 0 fully saturated rings. The first kappa shape index (κ1) is 19.6. The Morgan fingerprint density at radius 2 is 1.17 bits per heavy atom. The zero-order valence-corrected chi connectivity index (χ0v) is 14.4. The van der Waals surface area contributed by atoms with Crippen LogP contribution in [0.1, 0.15) is 0 Å². The summed E-state index contributed by atoms with van der Waals surface area (Å²) < 4.78 is 30.0. The highest BCUT2D eigenvalue weighted by molar-refractivity contribution is 7.48. The van der Waals surface area contributed by atoms with Gasteiger partial charge >= 0.3 is 16.4 Å². The third-order valence-corrected chi connectivity index (χ3v) is 3.75. The molecule has 0 unspecified atom stereocenters. The van der Waals surface area contributed by atoms with E-state index in [-0.39, 0.29) is 11.5 Å². The summed E-state index contributed by atoms with van der Waals surface area (Å²) in [6.45, 7) is 0. The molecule has 0 aromatic heterocycles. The summed E-state index contributed by atoms with van der Waals surface area (Å²) in [7, 11) is -2.94. The van der Waals surface area contributed by atoms with Gasteiger partial charge < -0.3 is 23.0 Å². The van der Waals surface area contributed by atoms with Crippen LogP contribution in [0.2, 0.25) is 0 Å². The first-order valence-electron chi connectivity index (χ1n) is 6.36. The van der Waals surface area contributed by atoms with Gasteiger partial charge in [-0.3, -0.25) is 4.89 Å². The van der Waals surface area contributed by atoms with Crippen LogP contribution in [0.4, 0.5) is 0 Å². The predicted octanol–water partition coefficient (Wildman–Crippen LogP) is 3.74. The lowest BCUT2D eigenvalue weighted by Crippen LogP contribution is -1.99. The van der Waals surface area contributed by atoms with Crippen molar-refractivity contribution in [2.75, 3.05) is 14.2 Å². The SMILES string of the molecule is COP(O)OC.O=P(O)(Oc1ccccc1)Oc1ccccc1. The molecule has 0 atom stereocenters. The number of para-hydroxylation sites is 2. The van der Waals surface area contributed by atoms with Crippen molar-refractivity contribution in [3.05, 3.63) is 60.7 Å². The van der Waals surface area contributed by atoms with E-state index in [1.807, 2.05) is 0 Å². The van der Waals surface area contributed by atoms with E-state index < -0.39 is 16.4 Å². The Morgan fingerprint density at radius 3 is 1.43 bits per heavy atom. The van der Waals surface area contributed by atoms with E-state index in [2.05, 4.69) is 9.05 Å². The predicted molar refractivity (Wildman–Crippen MR) is 87.1 cm³/mol. The van der Waals surface area contributed by atoms with Gasteiger partial charge in [0.15, 0.2) is 0 Å². The maximum atomic E-state index is 11.7. The first-order valence-corrected chi connectivity index (χ1v) is 8.98. The zero-order chi connectivity index (χ0) is 17.1. The Balaban J connectivity index is 0.000000379. The highest BCUT2D eigenvalue weighted by Crippen LogP contribution is 2.44. The third kappa shape index (κ3) is 8.67. The Kier molecular flexibility index (Phi) is 8.81. The molecule has 0 heterocycles. The summed E-state index contributed by atoms with van der Waals surface area (Å²) in [5.74, 6) is 0.573. The molecular weight excluding hydrogens is 342 g/mol. The summed E-state index contributed by atoms with van der Waals surface area (Å²) in [6, 6.07) is 16.7. The monoisotopic (exact) mass is 360 g/mol. The molecule has 23 heavy (non-hydrogen) atoms. The second-order valence-electron chi connectivity index (χ2n) is 3.88. The lowest BCUT2D eigenvalue weighted by atomic mass is 10.3. The molecule has 0 saturated heterocycles. The van der Waals surface area contributed by atoms with Crippen LogP contribution >= 0.6 is 16.4 Å². The average molecular weight is 360 g/mol. The Hall–Kier alpha value is -1.46. The molecule has 2 aromatic rings. The molecule has 0 bridgehead atoms. The van der Waals surface area contributed by atoms with Gasteiger partial charge in [0.1, 0.15) is 11.5 Å². The fraction of sp³-hybridized carbons (Fsp3) is 0.143. The van der Waals surface area contributed by atoms with E-state index in [4.69, 9.17) is 13.9 Å². The molecule has 2 aromatic carbocycles. The van der Waals surface area contributed by atoms with Crippen molar-refractivity contribution in [1.29, 1.82) is 0 Å². The van der Waals surface area contributed by atoms with Crippen LogP contribution in [-0.4, -0.2) is 24.0 Å². The number of benzene rings is 2. The molecule has 2 rings (SSSR count). The Bertz CT molecular complexity index is 545. The average Bonchev–Trinajstić information content (AvgIpc) is 2.55. The minimum Gasteiger partial charge on any atom is -0.395 e. The maximum Gasteiger partial charge on any atom is 0.584 e. The summed E-state index contributed by atoms with van der Waals surface area (Å²) in [5.41, 5.74) is 0. The number of phosphoric ester groups is 1. The van der Waals surface area contributed by atoms with Gasteiger partial charge in [0.25, 0.3) is 0 Å². The smallest absolute Gasteiger partial charge is 0.395 e. The molecule has 7 nitrogen and oxygen atoms in total.